The van der Waals surface area contributed by atoms with Crippen LogP contribution in [0.1, 0.15) is 31.9 Å². The minimum atomic E-state index is -3.22. The van der Waals surface area contributed by atoms with Gasteiger partial charge in [-0.05, 0) is 16.5 Å². The van der Waals surface area contributed by atoms with Crippen LogP contribution < -0.4 is 0 Å². The predicted octanol–water partition coefficient (Wildman–Crippen LogP) is 2.14. The number of hydrogen-bond acceptors (Lipinski definition) is 3. The normalized spacial score (nSPS) is 12.4. The second kappa shape index (κ2) is 5.22. The first-order chi connectivity index (χ1) is 8.08. The monoisotopic (exact) mass is 268 g/mol. The van der Waals surface area contributed by atoms with Gasteiger partial charge in [-0.2, -0.15) is 0 Å². The van der Waals surface area contributed by atoms with Gasteiger partial charge < -0.3 is 0 Å². The smallest absolute Gasteiger partial charge is 0.154 e. The van der Waals surface area contributed by atoms with Crippen molar-refractivity contribution in [3.05, 3.63) is 35.4 Å². The fourth-order valence-electron chi connectivity index (χ4n) is 1.69. The van der Waals surface area contributed by atoms with Crippen LogP contribution in [0.5, 0.6) is 0 Å². The number of hydrogen-bond donors (Lipinski definition) is 0. The van der Waals surface area contributed by atoms with Crippen molar-refractivity contribution < 1.29 is 13.2 Å². The summed E-state index contributed by atoms with van der Waals surface area (Å²) in [5.41, 5.74) is 2.13. The zero-order valence-electron chi connectivity index (χ0n) is 11.4. The lowest BCUT2D eigenvalue weighted by atomic mass is 9.86. The first kappa shape index (κ1) is 14.9. The van der Waals surface area contributed by atoms with E-state index < -0.39 is 9.84 Å². The Morgan fingerprint density at radius 3 is 2.00 bits per heavy atom. The van der Waals surface area contributed by atoms with Crippen molar-refractivity contribution in [3.63, 3.8) is 0 Å². The molecule has 0 radical (unpaired) electrons. The van der Waals surface area contributed by atoms with E-state index in [0.717, 1.165) is 11.8 Å². The van der Waals surface area contributed by atoms with Crippen LogP contribution in [0.3, 0.4) is 0 Å². The summed E-state index contributed by atoms with van der Waals surface area (Å²) in [6, 6.07) is 7.76. The molecule has 1 aromatic carbocycles. The molecule has 0 bridgehead atoms. The highest BCUT2D eigenvalue weighted by Crippen LogP contribution is 2.22. The van der Waals surface area contributed by atoms with Crippen molar-refractivity contribution in [1.82, 2.24) is 0 Å². The number of carbonyl (C=O) groups excluding carboxylic acids is 1. The van der Waals surface area contributed by atoms with Gasteiger partial charge in [0.1, 0.15) is 5.75 Å². The van der Waals surface area contributed by atoms with Crippen LogP contribution in [0.25, 0.3) is 0 Å². The second-order valence-electron chi connectivity index (χ2n) is 5.73. The van der Waals surface area contributed by atoms with Crippen LogP contribution in [-0.4, -0.2) is 26.2 Å². The molecule has 18 heavy (non-hydrogen) atoms. The molecule has 4 heteroatoms. The Balaban J connectivity index is 2.73. The Kier molecular flexibility index (Phi) is 4.32. The highest BCUT2D eigenvalue weighted by Gasteiger charge is 2.14. The van der Waals surface area contributed by atoms with E-state index in [1.54, 1.807) is 0 Å². The maximum absolute atomic E-state index is 11.5. The summed E-state index contributed by atoms with van der Waals surface area (Å²) >= 11 is 0. The largest absolute Gasteiger partial charge is 0.298 e. The van der Waals surface area contributed by atoms with Crippen molar-refractivity contribution >= 4 is 15.6 Å². The zero-order chi connectivity index (χ0) is 14.0. The number of benzene rings is 1. The van der Waals surface area contributed by atoms with Gasteiger partial charge in [-0.1, -0.05) is 45.0 Å². The third-order valence-electron chi connectivity index (χ3n) is 2.64. The standard InChI is InChI=1S/C14H20O3S/c1-14(2,3)12-7-5-11(6-8-12)9-13(15)10-18(4,16)17/h5-8H,9-10H2,1-4H3. The van der Waals surface area contributed by atoms with Crippen LogP contribution in [0.2, 0.25) is 0 Å². The average Bonchev–Trinajstić information content (AvgIpc) is 2.13. The molecule has 100 valence electrons. The summed E-state index contributed by atoms with van der Waals surface area (Å²) < 4.78 is 22.0. The van der Waals surface area contributed by atoms with Gasteiger partial charge in [-0.25, -0.2) is 8.42 Å². The molecule has 0 aromatic heterocycles. The van der Waals surface area contributed by atoms with E-state index in [1.807, 2.05) is 24.3 Å². The van der Waals surface area contributed by atoms with E-state index in [0.29, 0.717) is 0 Å². The first-order valence-electron chi connectivity index (χ1n) is 5.87. The molecule has 0 unspecified atom stereocenters. The van der Waals surface area contributed by atoms with E-state index in [-0.39, 0.29) is 23.4 Å². The molecule has 0 spiro atoms. The molecule has 3 nitrogen and oxygen atoms in total. The zero-order valence-corrected chi connectivity index (χ0v) is 12.2. The number of sulfone groups is 1. The van der Waals surface area contributed by atoms with Gasteiger partial charge in [-0.15, -0.1) is 0 Å². The molecule has 0 saturated carbocycles. The quantitative estimate of drug-likeness (QED) is 0.840. The van der Waals surface area contributed by atoms with Gasteiger partial charge in [0.25, 0.3) is 0 Å². The van der Waals surface area contributed by atoms with Crippen molar-refractivity contribution in [2.75, 3.05) is 12.0 Å². The third kappa shape index (κ3) is 5.00. The highest BCUT2D eigenvalue weighted by atomic mass is 32.2. The molecule has 0 saturated heterocycles. The van der Waals surface area contributed by atoms with Gasteiger partial charge >= 0.3 is 0 Å². The summed E-state index contributed by atoms with van der Waals surface area (Å²) in [4.78, 5) is 11.5. The molecule has 0 amide bonds. The molecule has 0 aliphatic carbocycles. The Morgan fingerprint density at radius 2 is 1.61 bits per heavy atom. The van der Waals surface area contributed by atoms with E-state index in [9.17, 15) is 13.2 Å². The minimum absolute atomic E-state index is 0.0787. The molecule has 0 aliphatic rings. The SMILES string of the molecule is CC(C)(C)c1ccc(CC(=O)CS(C)(=O)=O)cc1. The fraction of sp³-hybridized carbons (Fsp3) is 0.500. The molecule has 0 N–H and O–H groups in total. The Bertz CT molecular complexity index is 519. The van der Waals surface area contributed by atoms with E-state index in [1.165, 1.54) is 5.56 Å². The molecule has 0 aliphatic heterocycles. The topological polar surface area (TPSA) is 51.2 Å². The maximum atomic E-state index is 11.5. The average molecular weight is 268 g/mol. The van der Waals surface area contributed by atoms with Crippen molar-refractivity contribution in [3.8, 4) is 0 Å². The number of ketones is 1. The summed E-state index contributed by atoms with van der Waals surface area (Å²) in [7, 11) is -3.22. The summed E-state index contributed by atoms with van der Waals surface area (Å²) in [5.74, 6) is -0.644. The van der Waals surface area contributed by atoms with Crippen LogP contribution in [0.15, 0.2) is 24.3 Å². The van der Waals surface area contributed by atoms with Crippen LogP contribution in [-0.2, 0) is 26.5 Å². The van der Waals surface area contributed by atoms with Gasteiger partial charge in [0, 0.05) is 12.7 Å². The minimum Gasteiger partial charge on any atom is -0.298 e. The maximum Gasteiger partial charge on any atom is 0.154 e. The Labute approximate surface area is 109 Å². The van der Waals surface area contributed by atoms with Gasteiger partial charge in [-0.3, -0.25) is 4.79 Å². The summed E-state index contributed by atoms with van der Waals surface area (Å²) in [5, 5.41) is 0. The van der Waals surface area contributed by atoms with Gasteiger partial charge in [0.2, 0.25) is 0 Å². The first-order valence-corrected chi connectivity index (χ1v) is 7.93. The number of carbonyl (C=O) groups is 1. The lowest BCUT2D eigenvalue weighted by Crippen LogP contribution is -2.16. The summed E-state index contributed by atoms with van der Waals surface area (Å²) in [6.07, 6.45) is 1.26. The molecular formula is C14H20O3S. The molecule has 0 heterocycles. The van der Waals surface area contributed by atoms with Crippen molar-refractivity contribution in [1.29, 1.82) is 0 Å². The fourth-order valence-corrected chi connectivity index (χ4v) is 2.38. The molecule has 0 fully saturated rings. The van der Waals surface area contributed by atoms with Crippen molar-refractivity contribution in [2.45, 2.75) is 32.6 Å². The van der Waals surface area contributed by atoms with E-state index in [2.05, 4.69) is 20.8 Å². The second-order valence-corrected chi connectivity index (χ2v) is 7.87. The van der Waals surface area contributed by atoms with E-state index >= 15 is 0 Å². The van der Waals surface area contributed by atoms with Crippen LogP contribution in [0, 0.1) is 0 Å². The number of Topliss-reactive ketones (excluding diaryl/α,β-unsaturated/α-hetero) is 1. The highest BCUT2D eigenvalue weighted by molar-refractivity contribution is 7.91. The lowest BCUT2D eigenvalue weighted by Gasteiger charge is -2.19. The third-order valence-corrected chi connectivity index (χ3v) is 3.49. The Hall–Kier alpha value is -1.16. The van der Waals surface area contributed by atoms with Gasteiger partial charge in [0.05, 0.1) is 0 Å². The van der Waals surface area contributed by atoms with E-state index in [4.69, 9.17) is 0 Å². The molecule has 1 rings (SSSR count). The molecule has 0 atom stereocenters. The Morgan fingerprint density at radius 1 is 1.11 bits per heavy atom. The summed E-state index contributed by atoms with van der Waals surface area (Å²) in [6.45, 7) is 6.37. The molecule has 1 aromatic rings. The lowest BCUT2D eigenvalue weighted by molar-refractivity contribution is -0.116. The van der Waals surface area contributed by atoms with Gasteiger partial charge in [0.15, 0.2) is 15.6 Å². The van der Waals surface area contributed by atoms with Crippen molar-refractivity contribution in [2.24, 2.45) is 0 Å². The predicted molar refractivity (Wildman–Crippen MR) is 73.6 cm³/mol. The van der Waals surface area contributed by atoms with Crippen LogP contribution >= 0.6 is 0 Å². The molecular weight excluding hydrogens is 248 g/mol. The van der Waals surface area contributed by atoms with Crippen LogP contribution in [0.4, 0.5) is 0 Å². The number of rotatable bonds is 4.